The Labute approximate surface area is 154 Å². The van der Waals surface area contributed by atoms with Gasteiger partial charge in [-0.15, -0.1) is 0 Å². The van der Waals surface area contributed by atoms with Crippen LogP contribution in [-0.2, 0) is 14.3 Å². The van der Waals surface area contributed by atoms with Gasteiger partial charge in [-0.05, 0) is 44.0 Å². The Balaban J connectivity index is 2.01. The number of carbonyl (C=O) groups excluding carboxylic acids is 3. The maximum Gasteiger partial charge on any atom is 0.409 e. The molecule has 0 N–H and O–H groups in total. The van der Waals surface area contributed by atoms with Gasteiger partial charge in [-0.1, -0.05) is 6.07 Å². The lowest BCUT2D eigenvalue weighted by molar-refractivity contribution is -0.132. The molecule has 3 amide bonds. The van der Waals surface area contributed by atoms with Crippen molar-refractivity contribution in [2.45, 2.75) is 27.7 Å². The molecule has 1 aliphatic rings. The molecule has 7 heteroatoms. The van der Waals surface area contributed by atoms with Gasteiger partial charge in [0.2, 0.25) is 11.8 Å². The van der Waals surface area contributed by atoms with Crippen LogP contribution in [0.15, 0.2) is 18.2 Å². The lowest BCUT2D eigenvalue weighted by atomic mass is 10.1. The highest BCUT2D eigenvalue weighted by Crippen LogP contribution is 2.19. The topological polar surface area (TPSA) is 70.2 Å². The van der Waals surface area contributed by atoms with Crippen LogP contribution in [0.3, 0.4) is 0 Å². The van der Waals surface area contributed by atoms with Gasteiger partial charge in [-0.3, -0.25) is 9.59 Å². The van der Waals surface area contributed by atoms with Crippen molar-refractivity contribution in [3.63, 3.8) is 0 Å². The van der Waals surface area contributed by atoms with Crippen molar-refractivity contribution < 1.29 is 19.1 Å². The van der Waals surface area contributed by atoms with Crippen LogP contribution in [-0.4, -0.2) is 67.0 Å². The third-order valence-corrected chi connectivity index (χ3v) is 4.35. The van der Waals surface area contributed by atoms with E-state index in [4.69, 9.17) is 4.74 Å². The van der Waals surface area contributed by atoms with Gasteiger partial charge in [0, 0.05) is 38.8 Å². The summed E-state index contributed by atoms with van der Waals surface area (Å²) in [4.78, 5) is 41.3. The Morgan fingerprint density at radius 2 is 1.54 bits per heavy atom. The molecule has 1 aliphatic heterocycles. The average Bonchev–Trinajstić information content (AvgIpc) is 2.58. The van der Waals surface area contributed by atoms with Gasteiger partial charge in [0.15, 0.2) is 0 Å². The van der Waals surface area contributed by atoms with E-state index in [1.54, 1.807) is 16.7 Å². The number of nitrogens with zero attached hydrogens (tertiary/aromatic N) is 3. The molecular weight excluding hydrogens is 334 g/mol. The molecule has 142 valence electrons. The van der Waals surface area contributed by atoms with Gasteiger partial charge in [-0.25, -0.2) is 4.79 Å². The summed E-state index contributed by atoms with van der Waals surface area (Å²) in [6.07, 6.45) is -0.347. The van der Waals surface area contributed by atoms with Crippen LogP contribution in [0.2, 0.25) is 0 Å². The highest BCUT2D eigenvalue weighted by molar-refractivity contribution is 5.97. The number of amides is 3. The summed E-state index contributed by atoms with van der Waals surface area (Å²) in [7, 11) is 0. The Bertz CT molecular complexity index is 661. The molecule has 26 heavy (non-hydrogen) atoms. The van der Waals surface area contributed by atoms with E-state index in [0.29, 0.717) is 32.8 Å². The zero-order valence-corrected chi connectivity index (χ0v) is 15.9. The number of piperazine rings is 1. The standard InChI is InChI=1S/C19H27N3O4/c1-5-26-19(25)21-8-6-20(7-9-21)18(24)13-22(16(4)23)17-11-14(2)10-15(3)12-17/h10-12H,5-9,13H2,1-4H3. The summed E-state index contributed by atoms with van der Waals surface area (Å²) in [5.74, 6) is -0.295. The number of hydrogen-bond donors (Lipinski definition) is 0. The van der Waals surface area contributed by atoms with Crippen LogP contribution < -0.4 is 4.90 Å². The van der Waals surface area contributed by atoms with Crippen LogP contribution >= 0.6 is 0 Å². The van der Waals surface area contributed by atoms with E-state index >= 15 is 0 Å². The molecule has 1 aromatic rings. The minimum Gasteiger partial charge on any atom is -0.450 e. The molecule has 0 aromatic heterocycles. The molecule has 0 radical (unpaired) electrons. The Hall–Kier alpha value is -2.57. The summed E-state index contributed by atoms with van der Waals surface area (Å²) < 4.78 is 4.98. The average molecular weight is 361 g/mol. The zero-order chi connectivity index (χ0) is 19.3. The predicted octanol–water partition coefficient (Wildman–Crippen LogP) is 1.96. The number of benzene rings is 1. The first-order chi connectivity index (χ1) is 12.3. The summed E-state index contributed by atoms with van der Waals surface area (Å²) in [5, 5.41) is 0. The molecule has 1 saturated heterocycles. The number of carbonyl (C=O) groups is 3. The van der Waals surface area contributed by atoms with Crippen LogP contribution in [0.25, 0.3) is 0 Å². The number of rotatable bonds is 4. The van der Waals surface area contributed by atoms with Crippen molar-refractivity contribution in [2.75, 3.05) is 44.2 Å². The minimum atomic E-state index is -0.347. The van der Waals surface area contributed by atoms with Crippen LogP contribution in [0.1, 0.15) is 25.0 Å². The molecule has 0 atom stereocenters. The van der Waals surface area contributed by atoms with Crippen molar-refractivity contribution in [3.8, 4) is 0 Å². The van der Waals surface area contributed by atoms with Gasteiger partial charge in [0.1, 0.15) is 6.54 Å². The summed E-state index contributed by atoms with van der Waals surface area (Å²) in [5.41, 5.74) is 2.82. The first-order valence-electron chi connectivity index (χ1n) is 8.87. The van der Waals surface area contributed by atoms with Crippen molar-refractivity contribution >= 4 is 23.6 Å². The molecule has 7 nitrogen and oxygen atoms in total. The molecule has 0 saturated carbocycles. The molecule has 1 aromatic carbocycles. The third kappa shape index (κ3) is 4.97. The fraction of sp³-hybridized carbons (Fsp3) is 0.526. The predicted molar refractivity (Wildman–Crippen MR) is 99.1 cm³/mol. The molecule has 0 unspecified atom stereocenters. The number of hydrogen-bond acceptors (Lipinski definition) is 4. The quantitative estimate of drug-likeness (QED) is 0.822. The van der Waals surface area contributed by atoms with E-state index in [0.717, 1.165) is 16.8 Å². The molecular formula is C19H27N3O4. The molecule has 2 rings (SSSR count). The van der Waals surface area contributed by atoms with Gasteiger partial charge < -0.3 is 19.4 Å². The summed E-state index contributed by atoms with van der Waals surface area (Å²) >= 11 is 0. The maximum absolute atomic E-state index is 12.7. The van der Waals surface area contributed by atoms with E-state index in [2.05, 4.69) is 0 Å². The first-order valence-corrected chi connectivity index (χ1v) is 8.87. The number of ether oxygens (including phenoxy) is 1. The van der Waals surface area contributed by atoms with E-state index in [-0.39, 0.29) is 24.5 Å². The molecule has 1 heterocycles. The maximum atomic E-state index is 12.7. The fourth-order valence-electron chi connectivity index (χ4n) is 3.08. The Kier molecular flexibility index (Phi) is 6.60. The number of aryl methyl sites for hydroxylation is 2. The second-order valence-corrected chi connectivity index (χ2v) is 6.52. The van der Waals surface area contributed by atoms with E-state index in [1.807, 2.05) is 32.0 Å². The van der Waals surface area contributed by atoms with Crippen molar-refractivity contribution in [1.82, 2.24) is 9.80 Å². The van der Waals surface area contributed by atoms with Crippen molar-refractivity contribution in [3.05, 3.63) is 29.3 Å². The van der Waals surface area contributed by atoms with Gasteiger partial charge >= 0.3 is 6.09 Å². The second kappa shape index (κ2) is 8.69. The van der Waals surface area contributed by atoms with Gasteiger partial charge in [-0.2, -0.15) is 0 Å². The Morgan fingerprint density at radius 1 is 1.00 bits per heavy atom. The third-order valence-electron chi connectivity index (χ3n) is 4.35. The molecule has 0 bridgehead atoms. The zero-order valence-electron chi connectivity index (χ0n) is 15.9. The molecule has 1 fully saturated rings. The van der Waals surface area contributed by atoms with Crippen molar-refractivity contribution in [2.24, 2.45) is 0 Å². The van der Waals surface area contributed by atoms with Gasteiger partial charge in [0.05, 0.1) is 6.61 Å². The molecule has 0 aliphatic carbocycles. The lowest BCUT2D eigenvalue weighted by Crippen LogP contribution is -2.53. The highest BCUT2D eigenvalue weighted by atomic mass is 16.6. The van der Waals surface area contributed by atoms with Gasteiger partial charge in [0.25, 0.3) is 0 Å². The van der Waals surface area contributed by atoms with Crippen LogP contribution in [0.5, 0.6) is 0 Å². The lowest BCUT2D eigenvalue weighted by Gasteiger charge is -2.35. The normalized spacial score (nSPS) is 14.2. The fourth-order valence-corrected chi connectivity index (χ4v) is 3.08. The molecule has 0 spiro atoms. The summed E-state index contributed by atoms with van der Waals surface area (Å²) in [6.45, 7) is 9.25. The smallest absolute Gasteiger partial charge is 0.409 e. The van der Waals surface area contributed by atoms with E-state index in [9.17, 15) is 14.4 Å². The van der Waals surface area contributed by atoms with Crippen molar-refractivity contribution in [1.29, 1.82) is 0 Å². The second-order valence-electron chi connectivity index (χ2n) is 6.52. The van der Waals surface area contributed by atoms with E-state index < -0.39 is 0 Å². The van der Waals surface area contributed by atoms with Crippen LogP contribution in [0, 0.1) is 13.8 Å². The largest absolute Gasteiger partial charge is 0.450 e. The first kappa shape index (κ1) is 19.8. The number of anilines is 1. The minimum absolute atomic E-state index is 0.00235. The SMILES string of the molecule is CCOC(=O)N1CCN(C(=O)CN(C(C)=O)c2cc(C)cc(C)c2)CC1. The highest BCUT2D eigenvalue weighted by Gasteiger charge is 2.26. The monoisotopic (exact) mass is 361 g/mol. The van der Waals surface area contributed by atoms with Crippen LogP contribution in [0.4, 0.5) is 10.5 Å². The Morgan fingerprint density at radius 3 is 2.04 bits per heavy atom. The van der Waals surface area contributed by atoms with E-state index in [1.165, 1.54) is 11.8 Å². The summed E-state index contributed by atoms with van der Waals surface area (Å²) in [6, 6.07) is 5.83.